The molecule has 0 N–H and O–H groups in total. The lowest BCUT2D eigenvalue weighted by Gasteiger charge is -2.18. The number of nitrogens with zero attached hydrogens (tertiary/aromatic N) is 1. The highest BCUT2D eigenvalue weighted by Gasteiger charge is 2.17. The summed E-state index contributed by atoms with van der Waals surface area (Å²) in [5.74, 6) is 0.748. The molecule has 0 aliphatic carbocycles. The van der Waals surface area contributed by atoms with Gasteiger partial charge in [-0.15, -0.1) is 0 Å². The Bertz CT molecular complexity index is 1710. The molecule has 0 radical (unpaired) electrons. The van der Waals surface area contributed by atoms with E-state index in [1.807, 2.05) is 0 Å². The van der Waals surface area contributed by atoms with Gasteiger partial charge in [0.25, 0.3) is 0 Å². The van der Waals surface area contributed by atoms with Crippen molar-refractivity contribution in [2.24, 2.45) is 4.99 Å². The van der Waals surface area contributed by atoms with Gasteiger partial charge in [-0.2, -0.15) is 0 Å². The Morgan fingerprint density at radius 3 is 1.60 bits per heavy atom. The number of hydrogen-bond acceptors (Lipinski definition) is 2. The zero-order valence-electron chi connectivity index (χ0n) is 19.2. The lowest BCUT2D eigenvalue weighted by molar-refractivity contribution is 0.348. The Kier molecular flexibility index (Phi) is 4.63. The van der Waals surface area contributed by atoms with Crippen molar-refractivity contribution < 1.29 is 4.74 Å². The quantitative estimate of drug-likeness (QED) is 0.249. The smallest absolute Gasteiger partial charge is 0.216 e. The molecule has 2 nitrogen and oxygen atoms in total. The van der Waals surface area contributed by atoms with Crippen LogP contribution in [0.3, 0.4) is 0 Å². The van der Waals surface area contributed by atoms with Crippen LogP contribution in [0.2, 0.25) is 0 Å². The lowest BCUT2D eigenvalue weighted by atomic mass is 9.85. The molecule has 0 amide bonds. The summed E-state index contributed by atoms with van der Waals surface area (Å²) < 4.78 is 5.67. The van der Waals surface area contributed by atoms with E-state index in [0.717, 1.165) is 18.0 Å². The molecule has 0 bridgehead atoms. The molecule has 6 aromatic carbocycles. The fraction of sp³-hybridized carbons (Fsp3) is 0.0606. The van der Waals surface area contributed by atoms with Crippen LogP contribution < -0.4 is 0 Å². The minimum absolute atomic E-state index is 0.669. The van der Waals surface area contributed by atoms with Gasteiger partial charge in [-0.25, -0.2) is 4.99 Å². The third kappa shape index (κ3) is 3.30. The van der Waals surface area contributed by atoms with Crippen LogP contribution in [0.15, 0.2) is 120 Å². The fourth-order valence-electron chi connectivity index (χ4n) is 5.38. The predicted molar refractivity (Wildman–Crippen MR) is 147 cm³/mol. The SMILES string of the molecule is c1ccc2cc(-c3c4ccccc4c(-c4ccc(C5=NCCO5)cc4)c4ccccc34)ccc2c1. The molecule has 166 valence electrons. The van der Waals surface area contributed by atoms with Crippen molar-refractivity contribution in [3.05, 3.63) is 121 Å². The maximum absolute atomic E-state index is 5.67. The molecule has 0 spiro atoms. The van der Waals surface area contributed by atoms with Crippen molar-refractivity contribution in [3.8, 4) is 22.3 Å². The second kappa shape index (κ2) is 8.11. The van der Waals surface area contributed by atoms with Gasteiger partial charge in [0.1, 0.15) is 6.61 Å². The second-order valence-electron chi connectivity index (χ2n) is 9.02. The number of aliphatic imine (C=N–C) groups is 1. The Morgan fingerprint density at radius 1 is 0.486 bits per heavy atom. The van der Waals surface area contributed by atoms with Crippen molar-refractivity contribution in [1.29, 1.82) is 0 Å². The number of rotatable bonds is 3. The van der Waals surface area contributed by atoms with Crippen LogP contribution in [-0.4, -0.2) is 19.0 Å². The Balaban J connectivity index is 1.51. The highest BCUT2D eigenvalue weighted by Crippen LogP contribution is 2.44. The second-order valence-corrected chi connectivity index (χ2v) is 9.02. The standard InChI is InChI=1S/C33H23NO/c1-2-8-25-21-26(18-13-22(25)7-1)32-29-11-5-3-9-27(29)31(28-10-4-6-12-30(28)32)23-14-16-24(17-15-23)33-34-19-20-35-33/h1-18,21H,19-20H2. The molecule has 0 unspecified atom stereocenters. The largest absolute Gasteiger partial charge is 0.476 e. The average Bonchev–Trinajstić information content (AvgIpc) is 3.47. The maximum Gasteiger partial charge on any atom is 0.216 e. The van der Waals surface area contributed by atoms with Crippen molar-refractivity contribution in [1.82, 2.24) is 0 Å². The zero-order chi connectivity index (χ0) is 23.2. The molecular weight excluding hydrogens is 426 g/mol. The molecule has 7 rings (SSSR count). The van der Waals surface area contributed by atoms with Crippen LogP contribution in [0.4, 0.5) is 0 Å². The van der Waals surface area contributed by atoms with Gasteiger partial charge in [0.2, 0.25) is 5.90 Å². The van der Waals surface area contributed by atoms with Gasteiger partial charge in [0, 0.05) is 5.56 Å². The van der Waals surface area contributed by atoms with E-state index in [1.54, 1.807) is 0 Å². The number of benzene rings is 6. The summed E-state index contributed by atoms with van der Waals surface area (Å²) in [6.45, 7) is 1.41. The third-order valence-electron chi connectivity index (χ3n) is 6.98. The van der Waals surface area contributed by atoms with Gasteiger partial charge in [-0.1, -0.05) is 97.1 Å². The van der Waals surface area contributed by atoms with Crippen molar-refractivity contribution in [2.45, 2.75) is 0 Å². The van der Waals surface area contributed by atoms with Crippen molar-refractivity contribution >= 4 is 38.2 Å². The monoisotopic (exact) mass is 449 g/mol. The molecular formula is C33H23NO. The van der Waals surface area contributed by atoms with E-state index in [9.17, 15) is 0 Å². The molecule has 1 heterocycles. The number of fused-ring (bicyclic) bond motifs is 3. The van der Waals surface area contributed by atoms with Crippen LogP contribution >= 0.6 is 0 Å². The lowest BCUT2D eigenvalue weighted by Crippen LogP contribution is -2.00. The van der Waals surface area contributed by atoms with Gasteiger partial charge in [0.05, 0.1) is 6.54 Å². The molecule has 6 aromatic rings. The Labute approximate surface area is 204 Å². The first-order valence-electron chi connectivity index (χ1n) is 12.1. The minimum Gasteiger partial charge on any atom is -0.476 e. The maximum atomic E-state index is 5.67. The molecule has 35 heavy (non-hydrogen) atoms. The summed E-state index contributed by atoms with van der Waals surface area (Å²) in [6, 6.07) is 41.6. The minimum atomic E-state index is 0.669. The molecule has 0 saturated carbocycles. The summed E-state index contributed by atoms with van der Waals surface area (Å²) in [4.78, 5) is 4.47. The first kappa shape index (κ1) is 20.0. The summed E-state index contributed by atoms with van der Waals surface area (Å²) in [6.07, 6.45) is 0. The highest BCUT2D eigenvalue weighted by molar-refractivity contribution is 6.21. The zero-order valence-corrected chi connectivity index (χ0v) is 19.2. The van der Waals surface area contributed by atoms with Gasteiger partial charge in [-0.3, -0.25) is 0 Å². The molecule has 1 aliphatic heterocycles. The van der Waals surface area contributed by atoms with Gasteiger partial charge in [-0.05, 0) is 72.8 Å². The van der Waals surface area contributed by atoms with E-state index in [4.69, 9.17) is 4.74 Å². The Hall–Kier alpha value is -4.43. The third-order valence-corrected chi connectivity index (χ3v) is 6.98. The molecule has 0 fully saturated rings. The predicted octanol–water partition coefficient (Wildman–Crippen LogP) is 8.26. The summed E-state index contributed by atoms with van der Waals surface area (Å²) >= 11 is 0. The summed E-state index contributed by atoms with van der Waals surface area (Å²) in [7, 11) is 0. The summed E-state index contributed by atoms with van der Waals surface area (Å²) in [5, 5.41) is 7.58. The van der Waals surface area contributed by atoms with Crippen LogP contribution in [0.5, 0.6) is 0 Å². The van der Waals surface area contributed by atoms with E-state index in [0.29, 0.717) is 6.61 Å². The molecule has 0 aromatic heterocycles. The summed E-state index contributed by atoms with van der Waals surface area (Å²) in [5.41, 5.74) is 6.03. The van der Waals surface area contributed by atoms with Crippen molar-refractivity contribution in [2.75, 3.05) is 13.2 Å². The molecule has 0 saturated heterocycles. The fourth-order valence-corrected chi connectivity index (χ4v) is 5.38. The first-order valence-corrected chi connectivity index (χ1v) is 12.1. The van der Waals surface area contributed by atoms with Gasteiger partial charge in [0.15, 0.2) is 0 Å². The van der Waals surface area contributed by atoms with E-state index in [1.165, 1.54) is 54.6 Å². The van der Waals surface area contributed by atoms with Crippen LogP contribution in [0.25, 0.3) is 54.6 Å². The molecule has 1 aliphatic rings. The van der Waals surface area contributed by atoms with E-state index in [-0.39, 0.29) is 0 Å². The van der Waals surface area contributed by atoms with Crippen LogP contribution in [0, 0.1) is 0 Å². The Morgan fingerprint density at radius 2 is 1.00 bits per heavy atom. The van der Waals surface area contributed by atoms with Crippen molar-refractivity contribution in [3.63, 3.8) is 0 Å². The highest BCUT2D eigenvalue weighted by atomic mass is 16.5. The molecule has 0 atom stereocenters. The van der Waals surface area contributed by atoms with Crippen LogP contribution in [-0.2, 0) is 4.74 Å². The number of ether oxygens (including phenoxy) is 1. The molecule has 2 heteroatoms. The van der Waals surface area contributed by atoms with Crippen LogP contribution in [0.1, 0.15) is 5.56 Å². The van der Waals surface area contributed by atoms with E-state index < -0.39 is 0 Å². The van der Waals surface area contributed by atoms with E-state index >= 15 is 0 Å². The first-order chi connectivity index (χ1) is 17.4. The number of hydrogen-bond donors (Lipinski definition) is 0. The van der Waals surface area contributed by atoms with Gasteiger partial charge >= 0.3 is 0 Å². The topological polar surface area (TPSA) is 21.6 Å². The van der Waals surface area contributed by atoms with E-state index in [2.05, 4.69) is 120 Å². The normalized spacial score (nSPS) is 13.3. The van der Waals surface area contributed by atoms with Gasteiger partial charge < -0.3 is 4.74 Å². The average molecular weight is 450 g/mol.